The van der Waals surface area contributed by atoms with E-state index in [1.807, 2.05) is 0 Å². The molecule has 3 heteroatoms. The fraction of sp³-hybridized carbons (Fsp3) is 0.818. The van der Waals surface area contributed by atoms with Gasteiger partial charge in [-0.25, -0.2) is 0 Å². The van der Waals surface area contributed by atoms with Crippen LogP contribution < -0.4 is 5.32 Å². The first-order valence-electron chi connectivity index (χ1n) is 5.50. The number of hydrogen-bond donors (Lipinski definition) is 1. The Morgan fingerprint density at radius 3 is 2.00 bits per heavy atom. The molecular formula is C11H23N3. The third-order valence-electron chi connectivity index (χ3n) is 2.99. The van der Waals surface area contributed by atoms with Crippen LogP contribution in [0.1, 0.15) is 20.8 Å². The highest BCUT2D eigenvalue weighted by molar-refractivity contribution is 4.79. The van der Waals surface area contributed by atoms with Crippen LogP contribution in [-0.2, 0) is 0 Å². The molecule has 0 amide bonds. The minimum Gasteiger partial charge on any atom is -0.376 e. The predicted octanol–water partition coefficient (Wildman–Crippen LogP) is 1.09. The first-order chi connectivity index (χ1) is 6.65. The summed E-state index contributed by atoms with van der Waals surface area (Å²) in [5.74, 6) is 0. The molecule has 1 rings (SSSR count). The molecule has 0 spiro atoms. The molecule has 3 nitrogen and oxygen atoms in total. The molecule has 1 aliphatic heterocycles. The Kier molecular flexibility index (Phi) is 4.42. The van der Waals surface area contributed by atoms with Gasteiger partial charge in [0.05, 0.1) is 6.17 Å². The molecule has 1 unspecified atom stereocenters. The van der Waals surface area contributed by atoms with Crippen molar-refractivity contribution in [2.75, 3.05) is 26.2 Å². The summed E-state index contributed by atoms with van der Waals surface area (Å²) in [5.41, 5.74) is 0. The van der Waals surface area contributed by atoms with Gasteiger partial charge < -0.3 is 5.32 Å². The maximum absolute atomic E-state index is 3.69. The molecule has 0 bridgehead atoms. The zero-order valence-corrected chi connectivity index (χ0v) is 9.66. The van der Waals surface area contributed by atoms with Crippen molar-refractivity contribution < 1.29 is 0 Å². The minimum atomic E-state index is 0.418. The smallest absolute Gasteiger partial charge is 0.0760 e. The number of rotatable bonds is 4. The van der Waals surface area contributed by atoms with Crippen LogP contribution in [0.2, 0.25) is 0 Å². The predicted molar refractivity (Wildman–Crippen MR) is 61.1 cm³/mol. The van der Waals surface area contributed by atoms with Gasteiger partial charge in [-0.3, -0.25) is 9.80 Å². The lowest BCUT2D eigenvalue weighted by Gasteiger charge is -2.39. The Labute approximate surface area is 87.8 Å². The minimum absolute atomic E-state index is 0.418. The average Bonchev–Trinajstić information content (AvgIpc) is 2.18. The van der Waals surface area contributed by atoms with Crippen LogP contribution in [0, 0.1) is 0 Å². The highest BCUT2D eigenvalue weighted by Crippen LogP contribution is 2.07. The lowest BCUT2D eigenvalue weighted by atomic mass is 10.2. The van der Waals surface area contributed by atoms with Gasteiger partial charge in [0.1, 0.15) is 0 Å². The second kappa shape index (κ2) is 5.37. The van der Waals surface area contributed by atoms with Crippen molar-refractivity contribution in [2.45, 2.75) is 33.0 Å². The van der Waals surface area contributed by atoms with Gasteiger partial charge in [0.15, 0.2) is 0 Å². The van der Waals surface area contributed by atoms with E-state index in [4.69, 9.17) is 0 Å². The summed E-state index contributed by atoms with van der Waals surface area (Å²) in [7, 11) is 0. The number of piperazine rings is 1. The summed E-state index contributed by atoms with van der Waals surface area (Å²) in [6.07, 6.45) is 2.20. The molecule has 0 radical (unpaired) electrons. The molecule has 1 atom stereocenters. The Morgan fingerprint density at radius 2 is 1.57 bits per heavy atom. The second-order valence-corrected chi connectivity index (χ2v) is 4.21. The summed E-state index contributed by atoms with van der Waals surface area (Å²) >= 11 is 0. The lowest BCUT2D eigenvalue weighted by molar-refractivity contribution is 0.0771. The number of hydrogen-bond acceptors (Lipinski definition) is 3. The maximum Gasteiger partial charge on any atom is 0.0760 e. The Morgan fingerprint density at radius 1 is 1.07 bits per heavy atom. The quantitative estimate of drug-likeness (QED) is 0.728. The van der Waals surface area contributed by atoms with Crippen molar-refractivity contribution in [1.82, 2.24) is 15.1 Å². The third kappa shape index (κ3) is 3.00. The van der Waals surface area contributed by atoms with Crippen molar-refractivity contribution in [3.63, 3.8) is 0 Å². The Hall–Kier alpha value is -0.540. The molecule has 0 aromatic heterocycles. The summed E-state index contributed by atoms with van der Waals surface area (Å²) in [6.45, 7) is 15.1. The number of nitrogens with zero attached hydrogens (tertiary/aromatic N) is 2. The van der Waals surface area contributed by atoms with Crippen LogP contribution in [0.5, 0.6) is 0 Å². The molecule has 0 saturated carbocycles. The van der Waals surface area contributed by atoms with Crippen LogP contribution >= 0.6 is 0 Å². The molecule has 82 valence electrons. The molecule has 0 aromatic carbocycles. The molecule has 1 heterocycles. The molecule has 14 heavy (non-hydrogen) atoms. The van der Waals surface area contributed by atoms with Crippen molar-refractivity contribution in [2.24, 2.45) is 0 Å². The van der Waals surface area contributed by atoms with E-state index in [-0.39, 0.29) is 0 Å². The molecular weight excluding hydrogens is 174 g/mol. The van der Waals surface area contributed by atoms with Gasteiger partial charge in [0.2, 0.25) is 0 Å². The largest absolute Gasteiger partial charge is 0.376 e. The Balaban J connectivity index is 2.31. The van der Waals surface area contributed by atoms with Crippen molar-refractivity contribution >= 4 is 0 Å². The highest BCUT2D eigenvalue weighted by atomic mass is 15.3. The topological polar surface area (TPSA) is 18.5 Å². The van der Waals surface area contributed by atoms with Crippen molar-refractivity contribution in [3.05, 3.63) is 12.8 Å². The van der Waals surface area contributed by atoms with Gasteiger partial charge in [-0.05, 0) is 27.0 Å². The van der Waals surface area contributed by atoms with E-state index in [1.165, 1.54) is 13.1 Å². The van der Waals surface area contributed by atoms with Crippen molar-refractivity contribution in [3.8, 4) is 0 Å². The fourth-order valence-corrected chi connectivity index (χ4v) is 1.92. The van der Waals surface area contributed by atoms with E-state index in [1.54, 1.807) is 6.20 Å². The second-order valence-electron chi connectivity index (χ2n) is 4.21. The van der Waals surface area contributed by atoms with Gasteiger partial charge in [-0.15, -0.1) is 0 Å². The summed E-state index contributed by atoms with van der Waals surface area (Å²) in [4.78, 5) is 4.98. The lowest BCUT2D eigenvalue weighted by Crippen LogP contribution is -2.54. The monoisotopic (exact) mass is 197 g/mol. The summed E-state index contributed by atoms with van der Waals surface area (Å²) in [5, 5.41) is 3.23. The average molecular weight is 197 g/mol. The van der Waals surface area contributed by atoms with E-state index in [2.05, 4.69) is 42.5 Å². The van der Waals surface area contributed by atoms with E-state index < -0.39 is 0 Å². The van der Waals surface area contributed by atoms with Gasteiger partial charge in [0, 0.05) is 32.2 Å². The molecule has 0 aromatic rings. The first-order valence-corrected chi connectivity index (χ1v) is 5.50. The normalized spacial score (nSPS) is 22.3. The summed E-state index contributed by atoms with van der Waals surface area (Å²) in [6, 6.07) is 0.680. The molecule has 1 saturated heterocycles. The Bertz CT molecular complexity index is 171. The van der Waals surface area contributed by atoms with Crippen LogP contribution in [0.4, 0.5) is 0 Å². The van der Waals surface area contributed by atoms with E-state index in [9.17, 15) is 0 Å². The zero-order chi connectivity index (χ0) is 10.6. The van der Waals surface area contributed by atoms with Gasteiger partial charge >= 0.3 is 0 Å². The third-order valence-corrected chi connectivity index (χ3v) is 2.99. The molecule has 1 fully saturated rings. The SMILES string of the molecule is C=CNC(C)N1CCN(C(C)C)CC1. The van der Waals surface area contributed by atoms with E-state index in [0.717, 1.165) is 13.1 Å². The van der Waals surface area contributed by atoms with Gasteiger partial charge in [0.25, 0.3) is 0 Å². The van der Waals surface area contributed by atoms with E-state index in [0.29, 0.717) is 12.2 Å². The maximum atomic E-state index is 3.69. The summed E-state index contributed by atoms with van der Waals surface area (Å²) < 4.78 is 0. The van der Waals surface area contributed by atoms with Crippen LogP contribution in [-0.4, -0.2) is 48.2 Å². The standard InChI is InChI=1S/C11H23N3/c1-5-12-11(4)14-8-6-13(7-9-14)10(2)3/h5,10-12H,1,6-9H2,2-4H3. The van der Waals surface area contributed by atoms with Crippen LogP contribution in [0.3, 0.4) is 0 Å². The highest BCUT2D eigenvalue weighted by Gasteiger charge is 2.21. The molecule has 1 aliphatic rings. The van der Waals surface area contributed by atoms with E-state index >= 15 is 0 Å². The van der Waals surface area contributed by atoms with Crippen molar-refractivity contribution in [1.29, 1.82) is 0 Å². The van der Waals surface area contributed by atoms with Gasteiger partial charge in [-0.1, -0.05) is 6.58 Å². The van der Waals surface area contributed by atoms with Crippen LogP contribution in [0.15, 0.2) is 12.8 Å². The van der Waals surface area contributed by atoms with Gasteiger partial charge in [-0.2, -0.15) is 0 Å². The zero-order valence-electron chi connectivity index (χ0n) is 9.66. The first kappa shape index (κ1) is 11.5. The fourth-order valence-electron chi connectivity index (χ4n) is 1.92. The van der Waals surface area contributed by atoms with Crippen LogP contribution in [0.25, 0.3) is 0 Å². The molecule has 1 N–H and O–H groups in total. The molecule has 0 aliphatic carbocycles. The number of nitrogens with one attached hydrogen (secondary N) is 1.